The van der Waals surface area contributed by atoms with Crippen LogP contribution in [0.2, 0.25) is 0 Å². The van der Waals surface area contributed by atoms with Gasteiger partial charge >= 0.3 is 0 Å². The number of hydrogen-bond donors (Lipinski definition) is 1. The minimum Gasteiger partial charge on any atom is -0.351 e. The Bertz CT molecular complexity index is 823. The normalized spacial score (nSPS) is 18.9. The lowest BCUT2D eigenvalue weighted by Gasteiger charge is -2.35. The molecule has 142 valence electrons. The van der Waals surface area contributed by atoms with Crippen molar-refractivity contribution in [2.45, 2.75) is 64.2 Å². The summed E-state index contributed by atoms with van der Waals surface area (Å²) in [5.74, 6) is -0.211. The summed E-state index contributed by atoms with van der Waals surface area (Å²) in [6.07, 6.45) is 7.20. The number of nitrogens with zero attached hydrogens (tertiary/aromatic N) is 4. The maximum atomic E-state index is 13.2. The van der Waals surface area contributed by atoms with E-state index in [1.807, 2.05) is 31.2 Å². The zero-order chi connectivity index (χ0) is 18.8. The average molecular weight is 367 g/mol. The van der Waals surface area contributed by atoms with Crippen LogP contribution in [0.5, 0.6) is 0 Å². The van der Waals surface area contributed by atoms with Crippen LogP contribution in [0.25, 0.3) is 0 Å². The second-order valence-electron chi connectivity index (χ2n) is 7.56. The minimum atomic E-state index is -0.635. The van der Waals surface area contributed by atoms with Crippen molar-refractivity contribution in [3.05, 3.63) is 47.3 Å². The van der Waals surface area contributed by atoms with Gasteiger partial charge in [0.2, 0.25) is 11.8 Å². The molecule has 2 amide bonds. The predicted octanol–water partition coefficient (Wildman–Crippen LogP) is 2.12. The van der Waals surface area contributed by atoms with Crippen LogP contribution in [0.4, 0.5) is 0 Å². The number of carbonyl (C=O) groups excluding carboxylic acids is 2. The maximum Gasteiger partial charge on any atom is 0.247 e. The largest absolute Gasteiger partial charge is 0.351 e. The minimum absolute atomic E-state index is 0.0972. The predicted molar refractivity (Wildman–Crippen MR) is 99.5 cm³/mol. The molecule has 2 aliphatic rings. The average Bonchev–Trinajstić information content (AvgIpc) is 3.11. The van der Waals surface area contributed by atoms with Gasteiger partial charge in [-0.3, -0.25) is 9.59 Å². The van der Waals surface area contributed by atoms with Gasteiger partial charge in [-0.15, -0.1) is 5.10 Å². The number of aromatic nitrogens is 3. The summed E-state index contributed by atoms with van der Waals surface area (Å²) in [5.41, 5.74) is 2.80. The summed E-state index contributed by atoms with van der Waals surface area (Å²) < 4.78 is 1.60. The summed E-state index contributed by atoms with van der Waals surface area (Å²) in [6.45, 7) is 2.47. The van der Waals surface area contributed by atoms with E-state index in [1.165, 1.54) is 6.42 Å². The fraction of sp³-hybridized carbons (Fsp3) is 0.500. The molecule has 27 heavy (non-hydrogen) atoms. The molecule has 2 aromatic rings. The van der Waals surface area contributed by atoms with E-state index in [2.05, 4.69) is 15.6 Å². The van der Waals surface area contributed by atoms with Gasteiger partial charge in [0, 0.05) is 6.04 Å². The molecule has 1 aliphatic carbocycles. The van der Waals surface area contributed by atoms with Gasteiger partial charge < -0.3 is 10.2 Å². The summed E-state index contributed by atoms with van der Waals surface area (Å²) in [5, 5.41) is 11.0. The molecule has 0 bridgehead atoms. The van der Waals surface area contributed by atoms with Crippen molar-refractivity contribution in [2.24, 2.45) is 0 Å². The first-order chi connectivity index (χ1) is 13.1. The number of nitrogens with one attached hydrogen (secondary N) is 1. The van der Waals surface area contributed by atoms with Crippen molar-refractivity contribution >= 4 is 11.8 Å². The zero-order valence-corrected chi connectivity index (χ0v) is 15.6. The molecule has 1 aromatic heterocycles. The number of amides is 2. The van der Waals surface area contributed by atoms with Gasteiger partial charge in [-0.25, -0.2) is 4.68 Å². The van der Waals surface area contributed by atoms with Crippen LogP contribution in [-0.2, 0) is 22.7 Å². The molecule has 1 saturated carbocycles. The van der Waals surface area contributed by atoms with E-state index in [9.17, 15) is 9.59 Å². The van der Waals surface area contributed by atoms with Gasteiger partial charge in [0.15, 0.2) is 0 Å². The number of fused-ring (bicyclic) bond motifs is 1. The Morgan fingerprint density at radius 2 is 1.89 bits per heavy atom. The molecule has 7 heteroatoms. The Balaban J connectivity index is 1.62. The van der Waals surface area contributed by atoms with Crippen molar-refractivity contribution in [1.29, 1.82) is 0 Å². The van der Waals surface area contributed by atoms with Gasteiger partial charge in [-0.1, -0.05) is 54.3 Å². The molecule has 0 saturated heterocycles. The van der Waals surface area contributed by atoms with Crippen molar-refractivity contribution in [3.63, 3.8) is 0 Å². The van der Waals surface area contributed by atoms with Crippen LogP contribution in [0, 0.1) is 6.92 Å². The highest BCUT2D eigenvalue weighted by Crippen LogP contribution is 2.27. The van der Waals surface area contributed by atoms with Crippen LogP contribution in [-0.4, -0.2) is 37.7 Å². The zero-order valence-electron chi connectivity index (χ0n) is 15.6. The molecule has 1 fully saturated rings. The monoisotopic (exact) mass is 367 g/mol. The van der Waals surface area contributed by atoms with Gasteiger partial charge in [-0.2, -0.15) is 0 Å². The lowest BCUT2D eigenvalue weighted by atomic mass is 9.94. The summed E-state index contributed by atoms with van der Waals surface area (Å²) in [7, 11) is 0. The van der Waals surface area contributed by atoms with E-state index in [-0.39, 0.29) is 24.4 Å². The SMILES string of the molecule is Cc1ccc(C(C(=O)NC2CCCCC2)N2Cc3cnnn3CC2=O)cc1. The molecule has 1 aliphatic heterocycles. The number of benzene rings is 1. The lowest BCUT2D eigenvalue weighted by molar-refractivity contribution is -0.144. The topological polar surface area (TPSA) is 80.1 Å². The lowest BCUT2D eigenvalue weighted by Crippen LogP contribution is -2.49. The van der Waals surface area contributed by atoms with Crippen LogP contribution in [0.15, 0.2) is 30.5 Å². The molecule has 0 spiro atoms. The van der Waals surface area contributed by atoms with E-state index in [4.69, 9.17) is 0 Å². The fourth-order valence-corrected chi connectivity index (χ4v) is 4.00. The van der Waals surface area contributed by atoms with Crippen molar-refractivity contribution in [1.82, 2.24) is 25.2 Å². The molecule has 0 radical (unpaired) electrons. The summed E-state index contributed by atoms with van der Waals surface area (Å²) in [4.78, 5) is 27.7. The van der Waals surface area contributed by atoms with Crippen LogP contribution >= 0.6 is 0 Å². The highest BCUT2D eigenvalue weighted by Gasteiger charge is 2.36. The summed E-state index contributed by atoms with van der Waals surface area (Å²) in [6, 6.07) is 7.41. The fourth-order valence-electron chi connectivity index (χ4n) is 4.00. The van der Waals surface area contributed by atoms with Gasteiger partial charge in [0.25, 0.3) is 0 Å². The summed E-state index contributed by atoms with van der Waals surface area (Å²) >= 11 is 0. The Hall–Kier alpha value is -2.70. The molecule has 1 atom stereocenters. The third-order valence-electron chi connectivity index (χ3n) is 5.54. The number of rotatable bonds is 4. The standard InChI is InChI=1S/C20H25N5O2/c1-14-7-9-15(10-8-14)19(20(27)22-16-5-3-2-4-6-16)24-12-17-11-21-23-25(17)13-18(24)26/h7-11,16,19H,2-6,12-13H2,1H3,(H,22,27). The molecule has 1 N–H and O–H groups in total. The molecular formula is C20H25N5O2. The van der Waals surface area contributed by atoms with Crippen molar-refractivity contribution in [3.8, 4) is 0 Å². The van der Waals surface area contributed by atoms with E-state index >= 15 is 0 Å². The first-order valence-electron chi connectivity index (χ1n) is 9.65. The van der Waals surface area contributed by atoms with Crippen LogP contribution in [0.3, 0.4) is 0 Å². The number of aryl methyl sites for hydroxylation is 1. The van der Waals surface area contributed by atoms with Gasteiger partial charge in [0.1, 0.15) is 12.6 Å². The van der Waals surface area contributed by atoms with E-state index in [0.29, 0.717) is 6.54 Å². The highest BCUT2D eigenvalue weighted by molar-refractivity contribution is 5.89. The van der Waals surface area contributed by atoms with Crippen LogP contribution < -0.4 is 5.32 Å². The smallest absolute Gasteiger partial charge is 0.247 e. The Morgan fingerprint density at radius 1 is 1.15 bits per heavy atom. The van der Waals surface area contributed by atoms with E-state index < -0.39 is 6.04 Å². The van der Waals surface area contributed by atoms with Gasteiger partial charge in [0.05, 0.1) is 18.4 Å². The third-order valence-corrected chi connectivity index (χ3v) is 5.54. The van der Waals surface area contributed by atoms with E-state index in [1.54, 1.807) is 15.8 Å². The van der Waals surface area contributed by atoms with Crippen LogP contribution in [0.1, 0.15) is 55.0 Å². The Kier molecular flexibility index (Phi) is 4.92. The third kappa shape index (κ3) is 3.72. The second kappa shape index (κ2) is 7.50. The highest BCUT2D eigenvalue weighted by atomic mass is 16.2. The molecule has 2 heterocycles. The van der Waals surface area contributed by atoms with E-state index in [0.717, 1.165) is 42.5 Å². The Labute approximate surface area is 158 Å². The Morgan fingerprint density at radius 3 is 2.63 bits per heavy atom. The first kappa shape index (κ1) is 17.7. The molecule has 1 unspecified atom stereocenters. The second-order valence-corrected chi connectivity index (χ2v) is 7.56. The van der Waals surface area contributed by atoms with Crippen molar-refractivity contribution < 1.29 is 9.59 Å². The molecule has 1 aromatic carbocycles. The van der Waals surface area contributed by atoms with Crippen molar-refractivity contribution in [2.75, 3.05) is 0 Å². The maximum absolute atomic E-state index is 13.2. The number of hydrogen-bond acceptors (Lipinski definition) is 4. The molecule has 4 rings (SSSR count). The quantitative estimate of drug-likeness (QED) is 0.898. The number of carbonyl (C=O) groups is 2. The van der Waals surface area contributed by atoms with Gasteiger partial charge in [-0.05, 0) is 25.3 Å². The molecule has 7 nitrogen and oxygen atoms in total. The molecular weight excluding hydrogens is 342 g/mol. The first-order valence-corrected chi connectivity index (χ1v) is 9.65.